The molecule has 0 aliphatic rings. The Morgan fingerprint density at radius 3 is 2.40 bits per heavy atom. The average Bonchev–Trinajstić information content (AvgIpc) is 2.71. The van der Waals surface area contributed by atoms with E-state index in [4.69, 9.17) is 5.11 Å². The van der Waals surface area contributed by atoms with Crippen LogP contribution in [-0.2, 0) is 6.18 Å². The number of rotatable bonds is 2. The lowest BCUT2D eigenvalue weighted by Crippen LogP contribution is -2.11. The van der Waals surface area contributed by atoms with E-state index in [-0.39, 0.29) is 5.56 Å². The monoisotopic (exact) mass is 289 g/mol. The molecule has 0 radical (unpaired) electrons. The summed E-state index contributed by atoms with van der Waals surface area (Å²) in [7, 11) is 0. The number of aromatic carboxylic acids is 1. The second-order valence-electron chi connectivity index (χ2n) is 4.02. The minimum Gasteiger partial charge on any atom is -0.475 e. The summed E-state index contributed by atoms with van der Waals surface area (Å²) in [6.07, 6.45) is -4.97. The summed E-state index contributed by atoms with van der Waals surface area (Å²) in [4.78, 5) is 13.9. The number of carboxylic acid groups (broad SMARTS) is 1. The molecule has 0 amide bonds. The van der Waals surface area contributed by atoms with Crippen molar-refractivity contribution in [2.45, 2.75) is 13.1 Å². The van der Waals surface area contributed by atoms with Gasteiger partial charge in [0.1, 0.15) is 5.82 Å². The first-order valence-electron chi connectivity index (χ1n) is 5.27. The number of nitrogens with zero attached hydrogens (tertiary/aromatic N) is 1. The lowest BCUT2D eigenvalue weighted by atomic mass is 10.1. The number of aryl methyl sites for hydroxylation is 1. The third kappa shape index (κ3) is 2.63. The molecule has 0 aliphatic carbocycles. The Morgan fingerprint density at radius 1 is 1.30 bits per heavy atom. The predicted molar refractivity (Wildman–Crippen MR) is 58.6 cm³/mol. The van der Waals surface area contributed by atoms with Crippen LogP contribution >= 0.6 is 0 Å². The third-order valence-electron chi connectivity index (χ3n) is 2.38. The van der Waals surface area contributed by atoms with E-state index in [0.29, 0.717) is 5.56 Å². The number of carbonyl (C=O) groups is 1. The average molecular weight is 289 g/mol. The van der Waals surface area contributed by atoms with Gasteiger partial charge in [0.2, 0.25) is 11.7 Å². The van der Waals surface area contributed by atoms with Gasteiger partial charge >= 0.3 is 12.1 Å². The maximum Gasteiger partial charge on any atom is 0.437 e. The van der Waals surface area contributed by atoms with Crippen molar-refractivity contribution in [2.75, 3.05) is 0 Å². The summed E-state index contributed by atoms with van der Waals surface area (Å²) < 4.78 is 55.7. The molecule has 1 N–H and O–H groups in total. The molecule has 1 heterocycles. The minimum absolute atomic E-state index is 0.0690. The van der Waals surface area contributed by atoms with Crippen LogP contribution in [0.15, 0.2) is 22.6 Å². The van der Waals surface area contributed by atoms with Crippen LogP contribution in [-0.4, -0.2) is 16.1 Å². The van der Waals surface area contributed by atoms with E-state index >= 15 is 0 Å². The summed E-state index contributed by atoms with van der Waals surface area (Å²) in [5, 5.41) is 8.69. The van der Waals surface area contributed by atoms with Crippen LogP contribution in [0, 0.1) is 12.7 Å². The molecule has 8 heteroatoms. The van der Waals surface area contributed by atoms with Crippen molar-refractivity contribution in [3.63, 3.8) is 0 Å². The fourth-order valence-corrected chi connectivity index (χ4v) is 1.64. The zero-order valence-corrected chi connectivity index (χ0v) is 9.95. The molecule has 4 nitrogen and oxygen atoms in total. The summed E-state index contributed by atoms with van der Waals surface area (Å²) in [5.74, 6) is -4.51. The summed E-state index contributed by atoms with van der Waals surface area (Å²) >= 11 is 0. The van der Waals surface area contributed by atoms with Gasteiger partial charge in [-0.15, -0.1) is 0 Å². The molecule has 0 spiro atoms. The van der Waals surface area contributed by atoms with E-state index in [1.165, 1.54) is 13.0 Å². The smallest absolute Gasteiger partial charge is 0.437 e. The molecule has 0 fully saturated rings. The molecule has 0 saturated heterocycles. The van der Waals surface area contributed by atoms with Crippen molar-refractivity contribution in [1.82, 2.24) is 4.98 Å². The first-order valence-corrected chi connectivity index (χ1v) is 5.27. The Balaban J connectivity index is 2.62. The van der Waals surface area contributed by atoms with Crippen LogP contribution < -0.4 is 0 Å². The molecule has 2 rings (SSSR count). The normalized spacial score (nSPS) is 11.7. The van der Waals surface area contributed by atoms with Crippen molar-refractivity contribution in [3.05, 3.63) is 41.0 Å². The Morgan fingerprint density at radius 2 is 1.95 bits per heavy atom. The molecule has 1 aromatic carbocycles. The highest BCUT2D eigenvalue weighted by Crippen LogP contribution is 2.34. The van der Waals surface area contributed by atoms with E-state index < -0.39 is 35.3 Å². The lowest BCUT2D eigenvalue weighted by molar-refractivity contribution is -0.141. The fraction of sp³-hybridized carbons (Fsp3) is 0.167. The quantitative estimate of drug-likeness (QED) is 0.859. The molecule has 0 bridgehead atoms. The largest absolute Gasteiger partial charge is 0.475 e. The van der Waals surface area contributed by atoms with Gasteiger partial charge < -0.3 is 9.52 Å². The SMILES string of the molecule is Cc1cc(F)cc(-c2nc(C(F)(F)F)c(C(=O)O)o2)c1. The Bertz CT molecular complexity index is 656. The highest BCUT2D eigenvalue weighted by atomic mass is 19.4. The molecule has 20 heavy (non-hydrogen) atoms. The molecular weight excluding hydrogens is 282 g/mol. The second kappa shape index (κ2) is 4.62. The van der Waals surface area contributed by atoms with Crippen molar-refractivity contribution in [3.8, 4) is 11.5 Å². The molecule has 0 aliphatic heterocycles. The number of hydrogen-bond acceptors (Lipinski definition) is 3. The second-order valence-corrected chi connectivity index (χ2v) is 4.02. The first kappa shape index (κ1) is 14.0. The van der Waals surface area contributed by atoms with E-state index in [1.54, 1.807) is 0 Å². The number of aromatic nitrogens is 1. The molecule has 0 atom stereocenters. The van der Waals surface area contributed by atoms with E-state index in [9.17, 15) is 22.4 Å². The Kier molecular flexibility index (Phi) is 3.24. The lowest BCUT2D eigenvalue weighted by Gasteiger charge is -2.01. The van der Waals surface area contributed by atoms with Gasteiger partial charge in [0.25, 0.3) is 0 Å². The third-order valence-corrected chi connectivity index (χ3v) is 2.38. The van der Waals surface area contributed by atoms with Crippen molar-refractivity contribution in [2.24, 2.45) is 0 Å². The molecule has 0 unspecified atom stereocenters. The molecule has 0 saturated carbocycles. The highest BCUT2D eigenvalue weighted by Gasteiger charge is 2.41. The summed E-state index contributed by atoms with van der Waals surface area (Å²) in [5.41, 5.74) is -1.29. The van der Waals surface area contributed by atoms with Gasteiger partial charge in [0.15, 0.2) is 5.69 Å². The van der Waals surface area contributed by atoms with Gasteiger partial charge in [0.05, 0.1) is 0 Å². The molecule has 2 aromatic rings. The van der Waals surface area contributed by atoms with Gasteiger partial charge in [-0.2, -0.15) is 13.2 Å². The maximum atomic E-state index is 13.2. The van der Waals surface area contributed by atoms with Crippen LogP contribution in [0.1, 0.15) is 21.8 Å². The van der Waals surface area contributed by atoms with Crippen LogP contribution in [0.2, 0.25) is 0 Å². The number of carboxylic acids is 1. The topological polar surface area (TPSA) is 63.3 Å². The predicted octanol–water partition coefficient (Wildman–Crippen LogP) is 3.51. The highest BCUT2D eigenvalue weighted by molar-refractivity contribution is 5.86. The van der Waals surface area contributed by atoms with Crippen molar-refractivity contribution in [1.29, 1.82) is 0 Å². The summed E-state index contributed by atoms with van der Waals surface area (Å²) in [6, 6.07) is 3.40. The number of alkyl halides is 3. The maximum absolute atomic E-state index is 13.2. The number of halogens is 4. The number of oxazole rings is 1. The van der Waals surface area contributed by atoms with Gasteiger partial charge in [-0.3, -0.25) is 0 Å². The minimum atomic E-state index is -4.97. The van der Waals surface area contributed by atoms with Crippen molar-refractivity contribution < 1.29 is 31.9 Å². The van der Waals surface area contributed by atoms with Gasteiger partial charge in [-0.25, -0.2) is 14.2 Å². The molecule has 106 valence electrons. The fourth-order valence-electron chi connectivity index (χ4n) is 1.64. The Labute approximate surface area is 109 Å². The van der Waals surface area contributed by atoms with Crippen LogP contribution in [0.5, 0.6) is 0 Å². The zero-order chi connectivity index (χ0) is 15.1. The zero-order valence-electron chi connectivity index (χ0n) is 9.95. The van der Waals surface area contributed by atoms with E-state index in [1.807, 2.05) is 0 Å². The summed E-state index contributed by atoms with van der Waals surface area (Å²) in [6.45, 7) is 1.53. The molecule has 1 aromatic heterocycles. The van der Waals surface area contributed by atoms with E-state index in [0.717, 1.165) is 12.1 Å². The van der Waals surface area contributed by atoms with Crippen LogP contribution in [0.3, 0.4) is 0 Å². The van der Waals surface area contributed by atoms with Gasteiger partial charge in [-0.1, -0.05) is 0 Å². The number of hydrogen-bond donors (Lipinski definition) is 1. The number of benzene rings is 1. The first-order chi connectivity index (χ1) is 9.18. The van der Waals surface area contributed by atoms with Gasteiger partial charge in [-0.05, 0) is 30.7 Å². The molecular formula is C12H7F4NO3. The Hall–Kier alpha value is -2.38. The van der Waals surface area contributed by atoms with Crippen LogP contribution in [0.25, 0.3) is 11.5 Å². The van der Waals surface area contributed by atoms with Crippen LogP contribution in [0.4, 0.5) is 17.6 Å². The van der Waals surface area contributed by atoms with Gasteiger partial charge in [0, 0.05) is 5.56 Å². The standard InChI is InChI=1S/C12H7F4NO3/c1-5-2-6(4-7(13)3-5)10-17-9(12(14,15)16)8(20-10)11(18)19/h2-4H,1H3,(H,18,19). The van der Waals surface area contributed by atoms with Crippen molar-refractivity contribution >= 4 is 5.97 Å². The van der Waals surface area contributed by atoms with E-state index in [2.05, 4.69) is 9.40 Å².